The van der Waals surface area contributed by atoms with Crippen LogP contribution >= 0.6 is 11.6 Å². The molecule has 2 aliphatic heterocycles. The van der Waals surface area contributed by atoms with Crippen LogP contribution in [0.2, 0.25) is 5.02 Å². The maximum atomic E-state index is 12.7. The van der Waals surface area contributed by atoms with Crippen LogP contribution in [0.1, 0.15) is 16.3 Å². The Balaban J connectivity index is 1.40. The highest BCUT2D eigenvalue weighted by Crippen LogP contribution is 2.22. The van der Waals surface area contributed by atoms with Crippen molar-refractivity contribution >= 4 is 29.1 Å². The van der Waals surface area contributed by atoms with E-state index in [1.807, 2.05) is 10.6 Å². The van der Waals surface area contributed by atoms with E-state index in [1.54, 1.807) is 35.2 Å². The van der Waals surface area contributed by atoms with Crippen LogP contribution < -0.4 is 10.6 Å². The SMILES string of the molecule is O=C(Nc1ccccc1Cl)c1cnc2n1CCN(C(=O)/C=C/[C@@H]1COCCN1)C2. The molecule has 2 aliphatic rings. The monoisotopic (exact) mass is 415 g/mol. The summed E-state index contributed by atoms with van der Waals surface area (Å²) in [6, 6.07) is 7.12. The molecule has 2 amide bonds. The number of fused-ring (bicyclic) bond motifs is 1. The molecule has 8 nitrogen and oxygen atoms in total. The predicted molar refractivity (Wildman–Crippen MR) is 109 cm³/mol. The van der Waals surface area contributed by atoms with Crippen molar-refractivity contribution in [2.24, 2.45) is 0 Å². The molecule has 1 aromatic heterocycles. The lowest BCUT2D eigenvalue weighted by Gasteiger charge is -2.28. The van der Waals surface area contributed by atoms with Crippen LogP contribution in [0.15, 0.2) is 42.6 Å². The highest BCUT2D eigenvalue weighted by atomic mass is 35.5. The number of carbonyl (C=O) groups excluding carboxylic acids is 2. The van der Waals surface area contributed by atoms with Crippen LogP contribution in [-0.2, 0) is 22.6 Å². The normalized spacial score (nSPS) is 19.2. The first-order valence-corrected chi connectivity index (χ1v) is 9.88. The molecule has 9 heteroatoms. The molecule has 2 N–H and O–H groups in total. The summed E-state index contributed by atoms with van der Waals surface area (Å²) in [6.45, 7) is 3.41. The first-order chi connectivity index (χ1) is 14.1. The minimum absolute atomic E-state index is 0.0552. The van der Waals surface area contributed by atoms with Gasteiger partial charge in [0.1, 0.15) is 11.5 Å². The lowest BCUT2D eigenvalue weighted by Crippen LogP contribution is -2.41. The topological polar surface area (TPSA) is 88.5 Å². The fourth-order valence-corrected chi connectivity index (χ4v) is 3.57. The van der Waals surface area contributed by atoms with E-state index in [0.717, 1.165) is 6.54 Å². The minimum Gasteiger partial charge on any atom is -0.378 e. The number of anilines is 1. The zero-order chi connectivity index (χ0) is 20.2. The summed E-state index contributed by atoms with van der Waals surface area (Å²) in [6.07, 6.45) is 4.95. The molecule has 1 atom stereocenters. The summed E-state index contributed by atoms with van der Waals surface area (Å²) < 4.78 is 7.23. The number of amides is 2. The third-order valence-electron chi connectivity index (χ3n) is 4.95. The number of hydrogen-bond acceptors (Lipinski definition) is 5. The van der Waals surface area contributed by atoms with Crippen molar-refractivity contribution in [1.29, 1.82) is 0 Å². The second-order valence-electron chi connectivity index (χ2n) is 6.90. The van der Waals surface area contributed by atoms with Crippen LogP contribution in [0.25, 0.3) is 0 Å². The van der Waals surface area contributed by atoms with Crippen molar-refractivity contribution in [1.82, 2.24) is 19.8 Å². The summed E-state index contributed by atoms with van der Waals surface area (Å²) in [5.74, 6) is 0.329. The zero-order valence-electron chi connectivity index (χ0n) is 15.8. The second-order valence-corrected chi connectivity index (χ2v) is 7.31. The first kappa shape index (κ1) is 19.6. The van der Waals surface area contributed by atoms with Gasteiger partial charge >= 0.3 is 0 Å². The predicted octanol–water partition coefficient (Wildman–Crippen LogP) is 1.68. The molecule has 0 spiro atoms. The van der Waals surface area contributed by atoms with E-state index < -0.39 is 0 Å². The number of rotatable bonds is 4. The highest BCUT2D eigenvalue weighted by molar-refractivity contribution is 6.33. The average molecular weight is 416 g/mol. The molecule has 29 heavy (non-hydrogen) atoms. The zero-order valence-corrected chi connectivity index (χ0v) is 16.6. The van der Waals surface area contributed by atoms with Crippen molar-refractivity contribution in [2.75, 3.05) is 31.6 Å². The maximum Gasteiger partial charge on any atom is 0.273 e. The highest BCUT2D eigenvalue weighted by Gasteiger charge is 2.25. The number of nitrogens with one attached hydrogen (secondary N) is 2. The number of benzene rings is 1. The van der Waals surface area contributed by atoms with Gasteiger partial charge in [0, 0.05) is 31.8 Å². The summed E-state index contributed by atoms with van der Waals surface area (Å²) in [5, 5.41) is 6.56. The molecule has 0 saturated carbocycles. The van der Waals surface area contributed by atoms with Gasteiger partial charge in [0.25, 0.3) is 5.91 Å². The van der Waals surface area contributed by atoms with Gasteiger partial charge in [0.2, 0.25) is 5.91 Å². The van der Waals surface area contributed by atoms with Gasteiger partial charge in [0.05, 0.1) is 36.7 Å². The Morgan fingerprint density at radius 2 is 2.17 bits per heavy atom. The van der Waals surface area contributed by atoms with Gasteiger partial charge in [-0.1, -0.05) is 29.8 Å². The number of aromatic nitrogens is 2. The molecular formula is C20H22ClN5O3. The lowest BCUT2D eigenvalue weighted by molar-refractivity contribution is -0.127. The van der Waals surface area contributed by atoms with E-state index in [2.05, 4.69) is 15.6 Å². The van der Waals surface area contributed by atoms with Gasteiger partial charge in [-0.05, 0) is 12.1 Å². The Morgan fingerprint density at radius 1 is 1.31 bits per heavy atom. The van der Waals surface area contributed by atoms with Gasteiger partial charge in [-0.15, -0.1) is 0 Å². The Morgan fingerprint density at radius 3 is 2.97 bits per heavy atom. The molecule has 0 unspecified atom stereocenters. The van der Waals surface area contributed by atoms with Gasteiger partial charge in [-0.3, -0.25) is 9.59 Å². The lowest BCUT2D eigenvalue weighted by atomic mass is 10.2. The van der Waals surface area contributed by atoms with Crippen LogP contribution in [-0.4, -0.2) is 58.6 Å². The summed E-state index contributed by atoms with van der Waals surface area (Å²) in [4.78, 5) is 31.2. The minimum atomic E-state index is -0.278. The van der Waals surface area contributed by atoms with Crippen molar-refractivity contribution in [3.05, 3.63) is 59.2 Å². The molecular weight excluding hydrogens is 394 g/mol. The Hall–Kier alpha value is -2.68. The third-order valence-corrected chi connectivity index (χ3v) is 5.28. The van der Waals surface area contributed by atoms with E-state index in [-0.39, 0.29) is 17.9 Å². The maximum absolute atomic E-state index is 12.7. The molecule has 0 aliphatic carbocycles. The summed E-state index contributed by atoms with van der Waals surface area (Å²) in [5.41, 5.74) is 0.999. The van der Waals surface area contributed by atoms with Crippen molar-refractivity contribution < 1.29 is 14.3 Å². The van der Waals surface area contributed by atoms with Gasteiger partial charge in [-0.2, -0.15) is 0 Å². The molecule has 1 saturated heterocycles. The molecule has 1 fully saturated rings. The van der Waals surface area contributed by atoms with Crippen LogP contribution in [0.5, 0.6) is 0 Å². The largest absolute Gasteiger partial charge is 0.378 e. The molecule has 4 rings (SSSR count). The van der Waals surface area contributed by atoms with E-state index in [1.165, 1.54) is 6.20 Å². The van der Waals surface area contributed by atoms with Gasteiger partial charge in [-0.25, -0.2) is 4.98 Å². The fourth-order valence-electron chi connectivity index (χ4n) is 3.39. The van der Waals surface area contributed by atoms with E-state index >= 15 is 0 Å². The number of ether oxygens (including phenoxy) is 1. The number of carbonyl (C=O) groups is 2. The Labute approximate surface area is 173 Å². The molecule has 3 heterocycles. The second kappa shape index (κ2) is 8.77. The third kappa shape index (κ3) is 4.50. The smallest absolute Gasteiger partial charge is 0.273 e. The number of nitrogens with zero attached hydrogens (tertiary/aromatic N) is 3. The fraction of sp³-hybridized carbons (Fsp3) is 0.350. The van der Waals surface area contributed by atoms with Crippen LogP contribution in [0.4, 0.5) is 5.69 Å². The molecule has 1 aromatic carbocycles. The summed E-state index contributed by atoms with van der Waals surface area (Å²) >= 11 is 6.11. The van der Waals surface area contributed by atoms with E-state index in [0.29, 0.717) is 55.1 Å². The number of halogens is 1. The Kier molecular flexibility index (Phi) is 5.94. The van der Waals surface area contributed by atoms with Crippen LogP contribution in [0, 0.1) is 0 Å². The standard InChI is InChI=1S/C20H22ClN5O3/c21-15-3-1-2-4-16(15)24-20(28)17-11-23-18-12-25(8-9-26(17)18)19(27)6-5-14-13-29-10-7-22-14/h1-6,11,14,22H,7-10,12-13H2,(H,24,28)/b6-5+/t14-/m1/s1. The van der Waals surface area contributed by atoms with E-state index in [9.17, 15) is 9.59 Å². The van der Waals surface area contributed by atoms with Crippen molar-refractivity contribution in [3.63, 3.8) is 0 Å². The van der Waals surface area contributed by atoms with Crippen molar-refractivity contribution in [2.45, 2.75) is 19.1 Å². The van der Waals surface area contributed by atoms with Crippen LogP contribution in [0.3, 0.4) is 0 Å². The quantitative estimate of drug-likeness (QED) is 0.742. The van der Waals surface area contributed by atoms with Gasteiger partial charge < -0.3 is 24.8 Å². The van der Waals surface area contributed by atoms with Crippen molar-refractivity contribution in [3.8, 4) is 0 Å². The number of hydrogen-bond donors (Lipinski definition) is 2. The van der Waals surface area contributed by atoms with Gasteiger partial charge in [0.15, 0.2) is 0 Å². The van der Waals surface area contributed by atoms with E-state index in [4.69, 9.17) is 16.3 Å². The Bertz CT molecular complexity index is 936. The first-order valence-electron chi connectivity index (χ1n) is 9.50. The number of imidazole rings is 1. The molecule has 152 valence electrons. The number of morpholine rings is 1. The number of para-hydroxylation sites is 1. The summed E-state index contributed by atoms with van der Waals surface area (Å²) in [7, 11) is 0. The molecule has 0 bridgehead atoms. The average Bonchev–Trinajstić information content (AvgIpc) is 3.18. The molecule has 0 radical (unpaired) electrons. The molecule has 2 aromatic rings.